The van der Waals surface area contributed by atoms with Crippen molar-refractivity contribution in [3.05, 3.63) is 76.2 Å². The number of para-hydroxylation sites is 1. The highest BCUT2D eigenvalue weighted by atomic mass is 32.1. The minimum atomic E-state index is -0.370. The van der Waals surface area contributed by atoms with Crippen LogP contribution in [0.2, 0.25) is 0 Å². The Morgan fingerprint density at radius 1 is 1.14 bits per heavy atom. The van der Waals surface area contributed by atoms with E-state index in [9.17, 15) is 9.59 Å². The number of nitrogens with one attached hydrogen (secondary N) is 2. The summed E-state index contributed by atoms with van der Waals surface area (Å²) >= 11 is 7.09. The van der Waals surface area contributed by atoms with Crippen LogP contribution in [0, 0.1) is 11.8 Å². The van der Waals surface area contributed by atoms with Crippen molar-refractivity contribution in [2.45, 2.75) is 47.0 Å². The van der Waals surface area contributed by atoms with E-state index < -0.39 is 0 Å². The molecule has 0 unspecified atom stereocenters. The Kier molecular flexibility index (Phi) is 9.18. The number of benzene rings is 2. The Morgan fingerprint density at radius 3 is 2.74 bits per heavy atom. The van der Waals surface area contributed by atoms with Crippen LogP contribution in [0.5, 0.6) is 5.75 Å². The first-order chi connectivity index (χ1) is 20.2. The summed E-state index contributed by atoms with van der Waals surface area (Å²) in [5.74, 6) is 0.954. The summed E-state index contributed by atoms with van der Waals surface area (Å²) in [5.41, 5.74) is 4.18. The minimum Gasteiger partial charge on any atom is -0.493 e. The second kappa shape index (κ2) is 13.0. The molecule has 1 aliphatic rings. The van der Waals surface area contributed by atoms with E-state index >= 15 is 0 Å². The summed E-state index contributed by atoms with van der Waals surface area (Å²) in [6.07, 6.45) is 2.74. The molecule has 1 amide bonds. The van der Waals surface area contributed by atoms with Crippen LogP contribution in [0.25, 0.3) is 22.2 Å². The number of anilines is 1. The number of thiophene rings is 1. The van der Waals surface area contributed by atoms with Gasteiger partial charge in [-0.2, -0.15) is 0 Å². The third-order valence-electron chi connectivity index (χ3n) is 7.12. The van der Waals surface area contributed by atoms with Gasteiger partial charge >= 0.3 is 5.97 Å². The Balaban J connectivity index is 1.42. The molecule has 0 bridgehead atoms. The molecule has 0 saturated heterocycles. The van der Waals surface area contributed by atoms with Crippen molar-refractivity contribution in [1.82, 2.24) is 10.3 Å². The smallest absolute Gasteiger partial charge is 0.341 e. The molecule has 42 heavy (non-hydrogen) atoms. The number of rotatable bonds is 8. The zero-order valence-corrected chi connectivity index (χ0v) is 25.9. The molecule has 9 heteroatoms. The number of aromatic nitrogens is 1. The molecule has 2 heterocycles. The molecular weight excluding hydrogens is 567 g/mol. The van der Waals surface area contributed by atoms with Gasteiger partial charge in [0.2, 0.25) is 0 Å². The molecular formula is C33H35N3O4S2. The summed E-state index contributed by atoms with van der Waals surface area (Å²) < 4.78 is 11.3. The molecule has 1 aliphatic carbocycles. The van der Waals surface area contributed by atoms with Crippen LogP contribution in [0.1, 0.15) is 65.3 Å². The molecule has 4 aromatic rings. The van der Waals surface area contributed by atoms with Crippen molar-refractivity contribution in [2.24, 2.45) is 11.8 Å². The molecule has 1 atom stereocenters. The predicted molar refractivity (Wildman–Crippen MR) is 173 cm³/mol. The fourth-order valence-electron chi connectivity index (χ4n) is 5.08. The van der Waals surface area contributed by atoms with Gasteiger partial charge in [0.05, 0.1) is 35.6 Å². The van der Waals surface area contributed by atoms with Crippen molar-refractivity contribution < 1.29 is 19.1 Å². The number of esters is 1. The lowest BCUT2D eigenvalue weighted by atomic mass is 9.88. The van der Waals surface area contributed by atoms with Crippen LogP contribution in [-0.4, -0.2) is 35.2 Å². The number of thiocarbonyl (C=S) groups is 1. The fraction of sp³-hybridized carbons (Fsp3) is 0.333. The first-order valence-corrected chi connectivity index (χ1v) is 15.5. The van der Waals surface area contributed by atoms with Crippen LogP contribution in [0.15, 0.2) is 54.6 Å². The average molecular weight is 602 g/mol. The normalized spacial score (nSPS) is 14.4. The van der Waals surface area contributed by atoms with Crippen LogP contribution in [0.4, 0.5) is 5.00 Å². The summed E-state index contributed by atoms with van der Waals surface area (Å²) in [6.45, 7) is 9.10. The van der Waals surface area contributed by atoms with E-state index in [1.165, 1.54) is 11.3 Å². The second-order valence-electron chi connectivity index (χ2n) is 11.0. The molecule has 7 nitrogen and oxygen atoms in total. The number of carbonyl (C=O) groups excluding carboxylic acids is 2. The molecule has 2 N–H and O–H groups in total. The van der Waals surface area contributed by atoms with E-state index in [0.29, 0.717) is 51.2 Å². The lowest BCUT2D eigenvalue weighted by Gasteiger charge is -2.18. The minimum absolute atomic E-state index is 0.115. The third-order valence-corrected chi connectivity index (χ3v) is 8.49. The quantitative estimate of drug-likeness (QED) is 0.160. The molecule has 5 rings (SSSR count). The van der Waals surface area contributed by atoms with Gasteiger partial charge in [-0.05, 0) is 80.1 Å². The summed E-state index contributed by atoms with van der Waals surface area (Å²) in [4.78, 5) is 32.6. The highest BCUT2D eigenvalue weighted by Gasteiger charge is 2.29. The van der Waals surface area contributed by atoms with Gasteiger partial charge in [-0.3, -0.25) is 10.1 Å². The van der Waals surface area contributed by atoms with Gasteiger partial charge in [-0.25, -0.2) is 9.78 Å². The molecule has 0 radical (unpaired) electrons. The monoisotopic (exact) mass is 601 g/mol. The Hall–Kier alpha value is -3.82. The molecule has 0 saturated carbocycles. The maximum Gasteiger partial charge on any atom is 0.341 e. The number of carbonyl (C=O) groups is 2. The molecule has 0 spiro atoms. The highest BCUT2D eigenvalue weighted by Crippen LogP contribution is 2.40. The van der Waals surface area contributed by atoms with Gasteiger partial charge in [0.25, 0.3) is 5.91 Å². The molecule has 2 aromatic carbocycles. The van der Waals surface area contributed by atoms with Crippen molar-refractivity contribution in [2.75, 3.05) is 18.5 Å². The van der Waals surface area contributed by atoms with E-state index in [4.69, 9.17) is 26.7 Å². The number of fused-ring (bicyclic) bond motifs is 2. The number of hydrogen-bond acceptors (Lipinski definition) is 7. The van der Waals surface area contributed by atoms with Gasteiger partial charge in [0.15, 0.2) is 5.11 Å². The number of nitrogens with zero attached hydrogens (tertiary/aromatic N) is 1. The fourth-order valence-corrected chi connectivity index (χ4v) is 6.74. The largest absolute Gasteiger partial charge is 0.493 e. The van der Waals surface area contributed by atoms with Gasteiger partial charge in [-0.15, -0.1) is 11.3 Å². The van der Waals surface area contributed by atoms with Crippen LogP contribution in [0.3, 0.4) is 0 Å². The highest BCUT2D eigenvalue weighted by molar-refractivity contribution is 7.80. The average Bonchev–Trinajstić information content (AvgIpc) is 3.32. The SMILES string of the molecule is CCOC(=O)c1c(NC(=S)NC(=O)c2cc(-c3cccc(OCC(C)C)c3)nc3ccccc23)sc2c1CC[C@H](C)C2. The van der Waals surface area contributed by atoms with Crippen molar-refractivity contribution in [3.63, 3.8) is 0 Å². The van der Waals surface area contributed by atoms with Crippen LogP contribution >= 0.6 is 23.6 Å². The molecule has 0 aliphatic heterocycles. The van der Waals surface area contributed by atoms with Gasteiger partial charge < -0.3 is 14.8 Å². The standard InChI is InChI=1S/C33H35N3O4S2/c1-5-39-32(38)29-24-14-13-20(4)15-28(24)42-31(29)36-33(41)35-30(37)25-17-27(34-26-12-7-6-11-23(25)26)21-9-8-10-22(16-21)40-18-19(2)3/h6-12,16-17,19-20H,5,13-15,18H2,1-4H3,(H2,35,36,37,41)/t20-/m0/s1. The van der Waals surface area contributed by atoms with Crippen LogP contribution in [-0.2, 0) is 17.6 Å². The number of hydrogen-bond donors (Lipinski definition) is 2. The first kappa shape index (κ1) is 29.7. The maximum absolute atomic E-state index is 13.7. The Bertz CT molecular complexity index is 1650. The zero-order chi connectivity index (χ0) is 29.8. The predicted octanol–water partition coefficient (Wildman–Crippen LogP) is 7.43. The van der Waals surface area contributed by atoms with E-state index in [2.05, 4.69) is 31.4 Å². The third kappa shape index (κ3) is 6.63. The van der Waals surface area contributed by atoms with E-state index in [1.807, 2.05) is 48.5 Å². The zero-order valence-electron chi connectivity index (χ0n) is 24.3. The maximum atomic E-state index is 13.7. The lowest BCUT2D eigenvalue weighted by molar-refractivity contribution is 0.0526. The lowest BCUT2D eigenvalue weighted by Crippen LogP contribution is -2.34. The molecule has 2 aromatic heterocycles. The Morgan fingerprint density at radius 2 is 1.95 bits per heavy atom. The molecule has 218 valence electrons. The number of amides is 1. The second-order valence-corrected chi connectivity index (χ2v) is 12.5. The van der Waals surface area contributed by atoms with Crippen molar-refractivity contribution >= 4 is 56.4 Å². The number of pyridine rings is 1. The van der Waals surface area contributed by atoms with Gasteiger partial charge in [0, 0.05) is 15.8 Å². The number of ether oxygens (including phenoxy) is 2. The van der Waals surface area contributed by atoms with Crippen molar-refractivity contribution in [1.29, 1.82) is 0 Å². The van der Waals surface area contributed by atoms with E-state index in [1.54, 1.807) is 13.0 Å². The van der Waals surface area contributed by atoms with Gasteiger partial charge in [0.1, 0.15) is 10.8 Å². The molecule has 0 fully saturated rings. The van der Waals surface area contributed by atoms with Crippen molar-refractivity contribution in [3.8, 4) is 17.0 Å². The van der Waals surface area contributed by atoms with E-state index in [0.717, 1.165) is 41.0 Å². The summed E-state index contributed by atoms with van der Waals surface area (Å²) in [7, 11) is 0. The Labute approximate surface area is 255 Å². The van der Waals surface area contributed by atoms with Crippen LogP contribution < -0.4 is 15.4 Å². The topological polar surface area (TPSA) is 89.6 Å². The summed E-state index contributed by atoms with van der Waals surface area (Å²) in [5, 5.41) is 7.39. The summed E-state index contributed by atoms with van der Waals surface area (Å²) in [6, 6.07) is 17.0. The first-order valence-electron chi connectivity index (χ1n) is 14.3. The van der Waals surface area contributed by atoms with E-state index in [-0.39, 0.29) is 23.6 Å². The van der Waals surface area contributed by atoms with Gasteiger partial charge in [-0.1, -0.05) is 51.1 Å².